The number of rotatable bonds is 12. The van der Waals surface area contributed by atoms with E-state index in [0.717, 1.165) is 5.56 Å². The summed E-state index contributed by atoms with van der Waals surface area (Å²) < 4.78 is 11.3. The van der Waals surface area contributed by atoms with E-state index in [2.05, 4.69) is 5.32 Å². The smallest absolute Gasteiger partial charge is 0.242 e. The van der Waals surface area contributed by atoms with Crippen LogP contribution >= 0.6 is 23.2 Å². The van der Waals surface area contributed by atoms with Crippen molar-refractivity contribution >= 4 is 35.0 Å². The molecule has 180 valence electrons. The average Bonchev–Trinajstić information content (AvgIpc) is 2.80. The Labute approximate surface area is 206 Å². The molecule has 0 fully saturated rings. The summed E-state index contributed by atoms with van der Waals surface area (Å²) in [5, 5.41) is 3.57. The van der Waals surface area contributed by atoms with Crippen molar-refractivity contribution in [3.8, 4) is 11.5 Å². The molecule has 0 aliphatic carbocycles. The van der Waals surface area contributed by atoms with E-state index in [-0.39, 0.29) is 24.8 Å². The van der Waals surface area contributed by atoms with Crippen LogP contribution < -0.4 is 14.8 Å². The van der Waals surface area contributed by atoms with Gasteiger partial charge < -0.3 is 19.7 Å². The first-order valence-electron chi connectivity index (χ1n) is 11.2. The molecule has 2 amide bonds. The predicted octanol–water partition coefficient (Wildman–Crippen LogP) is 5.28. The van der Waals surface area contributed by atoms with Gasteiger partial charge in [0.25, 0.3) is 0 Å². The van der Waals surface area contributed by atoms with E-state index in [9.17, 15) is 9.59 Å². The van der Waals surface area contributed by atoms with E-state index in [1.54, 1.807) is 30.1 Å². The minimum absolute atomic E-state index is 0.150. The van der Waals surface area contributed by atoms with Crippen LogP contribution in [0.25, 0.3) is 0 Å². The first-order valence-corrected chi connectivity index (χ1v) is 11.9. The van der Waals surface area contributed by atoms with Crippen LogP contribution in [-0.4, -0.2) is 43.0 Å². The molecule has 1 N–H and O–H groups in total. The zero-order valence-electron chi connectivity index (χ0n) is 19.6. The van der Waals surface area contributed by atoms with Crippen LogP contribution in [0.5, 0.6) is 11.5 Å². The van der Waals surface area contributed by atoms with Crippen molar-refractivity contribution in [2.24, 2.45) is 0 Å². The van der Waals surface area contributed by atoms with Crippen molar-refractivity contribution in [1.29, 1.82) is 0 Å². The number of hydrogen-bond donors (Lipinski definition) is 1. The van der Waals surface area contributed by atoms with Gasteiger partial charge in [-0.1, -0.05) is 42.3 Å². The molecule has 33 heavy (non-hydrogen) atoms. The van der Waals surface area contributed by atoms with Crippen molar-refractivity contribution in [2.75, 3.05) is 20.3 Å². The number of halogens is 2. The second-order valence-corrected chi connectivity index (χ2v) is 8.22. The Hall–Kier alpha value is -2.44. The molecule has 2 aromatic carbocycles. The molecule has 0 radical (unpaired) electrons. The molecule has 0 saturated heterocycles. The minimum Gasteiger partial charge on any atom is -0.490 e. The van der Waals surface area contributed by atoms with Gasteiger partial charge in [0.15, 0.2) is 11.5 Å². The Bertz CT molecular complexity index is 932. The van der Waals surface area contributed by atoms with Gasteiger partial charge in [-0.25, -0.2) is 0 Å². The second-order valence-electron chi connectivity index (χ2n) is 7.41. The number of likely N-dealkylation sites (N-methyl/N-ethyl adjacent to an activating group) is 1. The van der Waals surface area contributed by atoms with Gasteiger partial charge in [-0.3, -0.25) is 9.59 Å². The Kier molecular flexibility index (Phi) is 10.8. The molecule has 0 aliphatic rings. The Morgan fingerprint density at radius 2 is 1.64 bits per heavy atom. The summed E-state index contributed by atoms with van der Waals surface area (Å²) in [4.78, 5) is 27.4. The van der Waals surface area contributed by atoms with Gasteiger partial charge in [-0.2, -0.15) is 0 Å². The largest absolute Gasteiger partial charge is 0.490 e. The summed E-state index contributed by atoms with van der Waals surface area (Å²) in [7, 11) is 1.56. The standard InChI is InChI=1S/C25H32Cl2N2O4/c1-5-21(25(31)28-4)29(16-18-19(26)9-8-10-20(18)27)24(30)14-12-17-11-13-22(32-6-2)23(15-17)33-7-3/h8-11,13,15,21H,5-7,12,14,16H2,1-4H3,(H,28,31)/t21-/m1/s1. The fraction of sp³-hybridized carbons (Fsp3) is 0.440. The van der Waals surface area contributed by atoms with Crippen LogP contribution in [0, 0.1) is 0 Å². The van der Waals surface area contributed by atoms with Crippen LogP contribution in [-0.2, 0) is 22.6 Å². The highest BCUT2D eigenvalue weighted by molar-refractivity contribution is 6.36. The lowest BCUT2D eigenvalue weighted by Crippen LogP contribution is -2.48. The second kappa shape index (κ2) is 13.3. The zero-order chi connectivity index (χ0) is 24.4. The van der Waals surface area contributed by atoms with Gasteiger partial charge in [0.1, 0.15) is 6.04 Å². The highest BCUT2D eigenvalue weighted by atomic mass is 35.5. The molecule has 6 nitrogen and oxygen atoms in total. The zero-order valence-corrected chi connectivity index (χ0v) is 21.1. The first-order chi connectivity index (χ1) is 15.9. The highest BCUT2D eigenvalue weighted by Crippen LogP contribution is 2.30. The van der Waals surface area contributed by atoms with E-state index in [4.69, 9.17) is 32.7 Å². The van der Waals surface area contributed by atoms with Crippen molar-refractivity contribution in [1.82, 2.24) is 10.2 Å². The Morgan fingerprint density at radius 3 is 2.21 bits per heavy atom. The summed E-state index contributed by atoms with van der Waals surface area (Å²) in [6, 6.07) is 10.2. The summed E-state index contributed by atoms with van der Waals surface area (Å²) in [5.41, 5.74) is 1.57. The monoisotopic (exact) mass is 494 g/mol. The number of carbonyl (C=O) groups is 2. The number of hydrogen-bond acceptors (Lipinski definition) is 4. The molecule has 0 unspecified atom stereocenters. The van der Waals surface area contributed by atoms with Crippen molar-refractivity contribution in [3.05, 3.63) is 57.6 Å². The maximum Gasteiger partial charge on any atom is 0.242 e. The molecular formula is C25H32Cl2N2O4. The van der Waals surface area contributed by atoms with E-state index in [1.807, 2.05) is 39.0 Å². The molecule has 0 spiro atoms. The maximum atomic E-state index is 13.3. The minimum atomic E-state index is -0.630. The Morgan fingerprint density at radius 1 is 1.00 bits per heavy atom. The van der Waals surface area contributed by atoms with E-state index in [0.29, 0.717) is 53.2 Å². The lowest BCUT2D eigenvalue weighted by molar-refractivity contribution is -0.141. The van der Waals surface area contributed by atoms with Gasteiger partial charge in [0, 0.05) is 35.6 Å². The van der Waals surface area contributed by atoms with Crippen LogP contribution in [0.15, 0.2) is 36.4 Å². The molecule has 2 rings (SSSR count). The van der Waals surface area contributed by atoms with E-state index < -0.39 is 6.04 Å². The molecule has 0 aliphatic heterocycles. The molecule has 0 bridgehead atoms. The van der Waals surface area contributed by atoms with Crippen molar-refractivity contribution < 1.29 is 19.1 Å². The molecule has 0 heterocycles. The summed E-state index contributed by atoms with van der Waals surface area (Å²) >= 11 is 12.7. The molecule has 0 saturated carbocycles. The number of nitrogens with one attached hydrogen (secondary N) is 1. The lowest BCUT2D eigenvalue weighted by Gasteiger charge is -2.31. The molecule has 0 aromatic heterocycles. The summed E-state index contributed by atoms with van der Waals surface area (Å²) in [6.45, 7) is 6.90. The summed E-state index contributed by atoms with van der Waals surface area (Å²) in [6.07, 6.45) is 1.17. The van der Waals surface area contributed by atoms with Gasteiger partial charge in [-0.15, -0.1) is 0 Å². The third kappa shape index (κ3) is 7.27. The first kappa shape index (κ1) is 26.8. The van der Waals surface area contributed by atoms with Crippen molar-refractivity contribution in [2.45, 2.75) is 52.6 Å². The third-order valence-electron chi connectivity index (χ3n) is 5.26. The normalized spacial score (nSPS) is 11.6. The number of ether oxygens (including phenoxy) is 2. The van der Waals surface area contributed by atoms with E-state index in [1.165, 1.54) is 0 Å². The molecule has 8 heteroatoms. The summed E-state index contributed by atoms with van der Waals surface area (Å²) in [5.74, 6) is 0.942. The quantitative estimate of drug-likeness (QED) is 0.435. The molecule has 1 atom stereocenters. The van der Waals surface area contributed by atoms with E-state index >= 15 is 0 Å². The number of aryl methyl sites for hydroxylation is 1. The maximum absolute atomic E-state index is 13.3. The van der Waals surface area contributed by atoms with Gasteiger partial charge in [0.05, 0.1) is 13.2 Å². The van der Waals surface area contributed by atoms with Gasteiger partial charge in [-0.05, 0) is 56.5 Å². The van der Waals surface area contributed by atoms with Crippen LogP contribution in [0.4, 0.5) is 0 Å². The van der Waals surface area contributed by atoms with Crippen LogP contribution in [0.2, 0.25) is 10.0 Å². The molecule has 2 aromatic rings. The highest BCUT2D eigenvalue weighted by Gasteiger charge is 2.29. The number of nitrogens with zero attached hydrogens (tertiary/aromatic N) is 1. The van der Waals surface area contributed by atoms with Gasteiger partial charge >= 0.3 is 0 Å². The topological polar surface area (TPSA) is 67.9 Å². The molecular weight excluding hydrogens is 463 g/mol. The number of benzene rings is 2. The fourth-order valence-corrected chi connectivity index (χ4v) is 4.10. The van der Waals surface area contributed by atoms with Gasteiger partial charge in [0.2, 0.25) is 11.8 Å². The van der Waals surface area contributed by atoms with Crippen LogP contribution in [0.1, 0.15) is 44.7 Å². The third-order valence-corrected chi connectivity index (χ3v) is 5.97. The SMILES string of the molecule is CCOc1ccc(CCC(=O)N(Cc2c(Cl)cccc2Cl)[C@H](CC)C(=O)NC)cc1OCC. The lowest BCUT2D eigenvalue weighted by atomic mass is 10.1. The average molecular weight is 495 g/mol. The predicted molar refractivity (Wildman–Crippen MR) is 132 cm³/mol. The number of amides is 2. The Balaban J connectivity index is 2.26. The number of carbonyl (C=O) groups excluding carboxylic acids is 2. The van der Waals surface area contributed by atoms with Crippen molar-refractivity contribution in [3.63, 3.8) is 0 Å². The fourth-order valence-electron chi connectivity index (χ4n) is 3.59. The van der Waals surface area contributed by atoms with Crippen LogP contribution in [0.3, 0.4) is 0 Å².